The lowest BCUT2D eigenvalue weighted by Crippen LogP contribution is -2.07. The van der Waals surface area contributed by atoms with Crippen LogP contribution in [0.25, 0.3) is 20.4 Å². The van der Waals surface area contributed by atoms with Crippen molar-refractivity contribution in [2.75, 3.05) is 26.7 Å². The van der Waals surface area contributed by atoms with Crippen LogP contribution in [-0.4, -0.2) is 65.1 Å². The molecule has 0 amide bonds. The zero-order valence-corrected chi connectivity index (χ0v) is 33.0. The van der Waals surface area contributed by atoms with E-state index in [0.29, 0.717) is 28.6 Å². The molecule has 6 rings (SSSR count). The van der Waals surface area contributed by atoms with E-state index in [4.69, 9.17) is 16.3 Å². The molecule has 0 bridgehead atoms. The molecule has 0 atom stereocenters. The Labute approximate surface area is 310 Å². The summed E-state index contributed by atoms with van der Waals surface area (Å²) in [5.41, 5.74) is 6.04. The summed E-state index contributed by atoms with van der Waals surface area (Å²) in [6.07, 6.45) is 2.98. The quantitative estimate of drug-likeness (QED) is 0.119. The molecular weight excluding hydrogens is 752 g/mol. The number of ether oxygens (including phenoxy) is 2. The van der Waals surface area contributed by atoms with Gasteiger partial charge in [-0.3, -0.25) is 9.59 Å². The number of H-pyrrole nitrogens is 1. The first kappa shape index (κ1) is 39.8. The summed E-state index contributed by atoms with van der Waals surface area (Å²) >= 11 is 8.82. The van der Waals surface area contributed by atoms with E-state index in [2.05, 4.69) is 14.3 Å². The van der Waals surface area contributed by atoms with Gasteiger partial charge in [-0.1, -0.05) is 24.3 Å². The van der Waals surface area contributed by atoms with Crippen LogP contribution in [0.3, 0.4) is 0 Å². The molecule has 2 aromatic carbocycles. The van der Waals surface area contributed by atoms with Crippen LogP contribution in [0.1, 0.15) is 33.6 Å². The molecule has 0 fully saturated rings. The van der Waals surface area contributed by atoms with E-state index in [1.165, 1.54) is 26.7 Å². The maximum Gasteiger partial charge on any atom is 0.310 e. The number of nitrogens with one attached hydrogen (secondary N) is 1. The van der Waals surface area contributed by atoms with Gasteiger partial charge in [-0.15, -0.1) is 34.3 Å². The van der Waals surface area contributed by atoms with Crippen LogP contribution in [0.4, 0.5) is 0 Å². The summed E-state index contributed by atoms with van der Waals surface area (Å²) in [5.74, 6) is -0.0459. The second-order valence-electron chi connectivity index (χ2n) is 11.7. The standard InChI is InChI=1S/C18H19NO4S2.C10H11NO2S.C8H9ClO2S/c1-12-16(10-17(20)23-2)15-8-9-24-18(15)19(12)11-13-4-6-14(7-5-13)25(3,21)22;1-6-8(5-9(12)13-2)7-3-4-14-10(7)11-6;1-12(10,11)8-4-2-7(6-9)3-5-8/h4-9H,10-11H2,1-3H3;3-4,11H,5H2,1-2H3;2-5H,6H2,1H3. The lowest BCUT2D eigenvalue weighted by atomic mass is 10.1. The number of halogens is 1. The highest BCUT2D eigenvalue weighted by Crippen LogP contribution is 2.32. The van der Waals surface area contributed by atoms with Gasteiger partial charge in [0.2, 0.25) is 0 Å². The Balaban J connectivity index is 0.000000189. The van der Waals surface area contributed by atoms with Crippen LogP contribution >= 0.6 is 34.3 Å². The number of carbonyl (C=O) groups excluding carboxylic acids is 2. The topological polar surface area (TPSA) is 142 Å². The van der Waals surface area contributed by atoms with Gasteiger partial charge in [0.1, 0.15) is 9.66 Å². The lowest BCUT2D eigenvalue weighted by molar-refractivity contribution is -0.140. The van der Waals surface area contributed by atoms with Gasteiger partial charge in [-0.25, -0.2) is 16.8 Å². The first-order valence-corrected chi connectivity index (χ1v) is 21.5. The summed E-state index contributed by atoms with van der Waals surface area (Å²) in [6.45, 7) is 4.59. The summed E-state index contributed by atoms with van der Waals surface area (Å²) in [7, 11) is -3.46. The van der Waals surface area contributed by atoms with Gasteiger partial charge >= 0.3 is 11.9 Å². The molecule has 4 aromatic heterocycles. The van der Waals surface area contributed by atoms with E-state index in [0.717, 1.165) is 54.1 Å². The number of rotatable bonds is 9. The minimum atomic E-state index is -3.19. The first-order chi connectivity index (χ1) is 24.1. The van der Waals surface area contributed by atoms with E-state index in [9.17, 15) is 26.4 Å². The molecule has 0 unspecified atom stereocenters. The van der Waals surface area contributed by atoms with E-state index >= 15 is 0 Å². The molecule has 272 valence electrons. The minimum Gasteiger partial charge on any atom is -0.469 e. The first-order valence-electron chi connectivity index (χ1n) is 15.4. The number of nitrogens with zero attached hydrogens (tertiary/aromatic N) is 1. The summed E-state index contributed by atoms with van der Waals surface area (Å²) < 4.78 is 56.8. The van der Waals surface area contributed by atoms with Crippen LogP contribution in [0.15, 0.2) is 81.2 Å². The summed E-state index contributed by atoms with van der Waals surface area (Å²) in [4.78, 5) is 29.0. The molecule has 15 heteroatoms. The van der Waals surface area contributed by atoms with Crippen LogP contribution in [0.2, 0.25) is 0 Å². The normalized spacial score (nSPS) is 11.4. The summed E-state index contributed by atoms with van der Waals surface area (Å²) in [6, 6.07) is 17.5. The molecular formula is C36H39ClN2O8S4. The zero-order chi connectivity index (χ0) is 37.5. The number of esters is 2. The molecule has 4 heterocycles. The van der Waals surface area contributed by atoms with Crippen LogP contribution in [0, 0.1) is 13.8 Å². The van der Waals surface area contributed by atoms with Gasteiger partial charge in [0.05, 0.1) is 36.9 Å². The molecule has 0 aliphatic rings. The predicted octanol–water partition coefficient (Wildman–Crippen LogP) is 7.26. The Morgan fingerprint density at radius 2 is 1.22 bits per heavy atom. The number of hydrogen-bond donors (Lipinski definition) is 1. The van der Waals surface area contributed by atoms with Crippen LogP contribution in [-0.2, 0) is 64.0 Å². The third-order valence-electron chi connectivity index (χ3n) is 8.10. The Hall–Kier alpha value is -3.95. The fourth-order valence-corrected chi connectivity index (χ4v) is 8.56. The van der Waals surface area contributed by atoms with E-state index < -0.39 is 19.7 Å². The van der Waals surface area contributed by atoms with Crippen LogP contribution in [0.5, 0.6) is 0 Å². The Morgan fingerprint density at radius 3 is 1.73 bits per heavy atom. The average Bonchev–Trinajstić information content (AvgIpc) is 3.87. The maximum absolute atomic E-state index is 11.7. The van der Waals surface area contributed by atoms with Crippen molar-refractivity contribution in [3.63, 3.8) is 0 Å². The average molecular weight is 791 g/mol. The highest BCUT2D eigenvalue weighted by Gasteiger charge is 2.18. The van der Waals surface area contributed by atoms with E-state index in [1.54, 1.807) is 59.1 Å². The number of carbonyl (C=O) groups is 2. The second kappa shape index (κ2) is 17.0. The fraction of sp³-hybridized carbons (Fsp3) is 0.278. The van der Waals surface area contributed by atoms with Gasteiger partial charge in [-0.05, 0) is 83.3 Å². The molecule has 0 radical (unpaired) electrons. The lowest BCUT2D eigenvalue weighted by Gasteiger charge is -2.09. The Morgan fingerprint density at radius 1 is 0.725 bits per heavy atom. The van der Waals surface area contributed by atoms with Crippen molar-refractivity contribution in [1.82, 2.24) is 9.55 Å². The van der Waals surface area contributed by atoms with E-state index in [1.807, 2.05) is 48.9 Å². The van der Waals surface area contributed by atoms with Crippen molar-refractivity contribution in [2.24, 2.45) is 0 Å². The summed E-state index contributed by atoms with van der Waals surface area (Å²) in [5, 5.41) is 6.23. The maximum atomic E-state index is 11.7. The number of benzene rings is 2. The van der Waals surface area contributed by atoms with Crippen molar-refractivity contribution in [3.8, 4) is 0 Å². The van der Waals surface area contributed by atoms with Crippen molar-refractivity contribution in [1.29, 1.82) is 0 Å². The smallest absolute Gasteiger partial charge is 0.310 e. The molecule has 0 aliphatic carbocycles. The SMILES string of the molecule is COC(=O)Cc1c(C)[nH]c2sccc12.COC(=O)Cc1c(C)n(Cc2ccc(S(C)(=O)=O)cc2)c2sccc12.CS(=O)(=O)c1ccc(CCl)cc1. The monoisotopic (exact) mass is 790 g/mol. The predicted molar refractivity (Wildman–Crippen MR) is 205 cm³/mol. The van der Waals surface area contributed by atoms with Gasteiger partial charge in [0, 0.05) is 47.1 Å². The zero-order valence-electron chi connectivity index (χ0n) is 29.0. The molecule has 10 nitrogen and oxygen atoms in total. The largest absolute Gasteiger partial charge is 0.469 e. The van der Waals surface area contributed by atoms with Gasteiger partial charge in [-0.2, -0.15) is 0 Å². The Kier molecular flexibility index (Phi) is 13.3. The van der Waals surface area contributed by atoms with E-state index in [-0.39, 0.29) is 18.4 Å². The number of aromatic nitrogens is 2. The van der Waals surface area contributed by atoms with Crippen molar-refractivity contribution in [3.05, 3.63) is 105 Å². The highest BCUT2D eigenvalue weighted by atomic mass is 35.5. The third-order valence-corrected chi connectivity index (χ3v) is 12.4. The number of thiophene rings is 2. The van der Waals surface area contributed by atoms with Gasteiger partial charge < -0.3 is 19.0 Å². The molecule has 1 N–H and O–H groups in total. The number of sulfone groups is 2. The third kappa shape index (κ3) is 10.1. The van der Waals surface area contributed by atoms with Crippen molar-refractivity contribution < 1.29 is 35.9 Å². The number of hydrogen-bond acceptors (Lipinski definition) is 10. The molecule has 0 aliphatic heterocycles. The van der Waals surface area contributed by atoms with Gasteiger partial charge in [0.15, 0.2) is 19.7 Å². The molecule has 0 spiro atoms. The highest BCUT2D eigenvalue weighted by molar-refractivity contribution is 7.91. The molecule has 6 aromatic rings. The second-order valence-corrected chi connectivity index (χ2v) is 17.8. The molecule has 0 saturated carbocycles. The number of methoxy groups -OCH3 is 2. The number of fused-ring (bicyclic) bond motifs is 2. The van der Waals surface area contributed by atoms with Crippen LogP contribution < -0.4 is 0 Å². The molecule has 51 heavy (non-hydrogen) atoms. The number of aromatic amines is 1. The van der Waals surface area contributed by atoms with Crippen molar-refractivity contribution >= 4 is 86.3 Å². The Bertz CT molecular complexity index is 2350. The number of aryl methyl sites for hydroxylation is 1. The van der Waals surface area contributed by atoms with Crippen molar-refractivity contribution in [2.45, 2.75) is 48.9 Å². The van der Waals surface area contributed by atoms with Gasteiger partial charge in [0.25, 0.3) is 0 Å². The fourth-order valence-electron chi connectivity index (χ4n) is 5.27. The minimum absolute atomic E-state index is 0.194. The molecule has 0 saturated heterocycles. The number of alkyl halides is 1.